The van der Waals surface area contributed by atoms with Crippen LogP contribution in [0.1, 0.15) is 0 Å². The van der Waals surface area contributed by atoms with Gasteiger partial charge in [-0.2, -0.15) is 0 Å². The van der Waals surface area contributed by atoms with Crippen molar-refractivity contribution in [3.8, 4) is 0 Å². The molecule has 13 atom stereocenters. The zero-order chi connectivity index (χ0) is 25.4. The standard InChI is InChI=1S/C18H32O16/c19-1-6-10(23)14(27)17(29,32-6)5-30-3-8-9(22)12(25)13(26)16(31-8)34-18(4-21)15(28)11(24)7(2-20)33-18/h6-16,19-29H,1-5H2. The summed E-state index contributed by atoms with van der Waals surface area (Å²) in [6.07, 6.45) is -18.4. The van der Waals surface area contributed by atoms with E-state index in [1.165, 1.54) is 0 Å². The molecule has 11 N–H and O–H groups in total. The van der Waals surface area contributed by atoms with Crippen LogP contribution in [0.3, 0.4) is 0 Å². The number of aliphatic hydroxyl groups excluding tert-OH is 10. The van der Waals surface area contributed by atoms with Gasteiger partial charge >= 0.3 is 0 Å². The Bertz CT molecular complexity index is 670. The summed E-state index contributed by atoms with van der Waals surface area (Å²) in [6, 6.07) is 0. The average molecular weight is 504 g/mol. The van der Waals surface area contributed by atoms with E-state index in [4.69, 9.17) is 28.8 Å². The molecule has 3 aliphatic heterocycles. The molecule has 0 amide bonds. The number of rotatable bonds is 9. The second kappa shape index (κ2) is 10.8. The van der Waals surface area contributed by atoms with Crippen LogP contribution in [-0.2, 0) is 23.7 Å². The summed E-state index contributed by atoms with van der Waals surface area (Å²) in [4.78, 5) is 0. The van der Waals surface area contributed by atoms with Gasteiger partial charge in [0.1, 0.15) is 74.3 Å². The Morgan fingerprint density at radius 1 is 0.676 bits per heavy atom. The molecule has 34 heavy (non-hydrogen) atoms. The summed E-state index contributed by atoms with van der Waals surface area (Å²) in [5.41, 5.74) is 0. The second-order valence-electron chi connectivity index (χ2n) is 8.51. The normalized spacial score (nSPS) is 51.8. The van der Waals surface area contributed by atoms with Crippen molar-refractivity contribution >= 4 is 0 Å². The molecule has 0 aromatic carbocycles. The fourth-order valence-corrected chi connectivity index (χ4v) is 4.08. The van der Waals surface area contributed by atoms with Gasteiger partial charge in [0, 0.05) is 0 Å². The summed E-state index contributed by atoms with van der Waals surface area (Å²) in [5.74, 6) is -4.75. The van der Waals surface area contributed by atoms with E-state index in [1.807, 2.05) is 0 Å². The third-order valence-electron chi connectivity index (χ3n) is 6.18. The Morgan fingerprint density at radius 2 is 1.26 bits per heavy atom. The minimum absolute atomic E-state index is 0.583. The van der Waals surface area contributed by atoms with Crippen molar-refractivity contribution in [1.82, 2.24) is 0 Å². The van der Waals surface area contributed by atoms with Gasteiger partial charge in [-0.25, -0.2) is 0 Å². The second-order valence-corrected chi connectivity index (χ2v) is 8.51. The average Bonchev–Trinajstić information content (AvgIpc) is 3.20. The van der Waals surface area contributed by atoms with Gasteiger partial charge in [0.15, 0.2) is 6.29 Å². The minimum atomic E-state index is -2.40. The van der Waals surface area contributed by atoms with E-state index in [2.05, 4.69) is 0 Å². The van der Waals surface area contributed by atoms with Gasteiger partial charge in [0.2, 0.25) is 11.6 Å². The van der Waals surface area contributed by atoms with Crippen molar-refractivity contribution in [3.63, 3.8) is 0 Å². The van der Waals surface area contributed by atoms with Crippen LogP contribution in [0.5, 0.6) is 0 Å². The van der Waals surface area contributed by atoms with E-state index < -0.39 is 112 Å². The molecule has 16 nitrogen and oxygen atoms in total. The molecule has 200 valence electrons. The van der Waals surface area contributed by atoms with Gasteiger partial charge in [0.25, 0.3) is 0 Å². The van der Waals surface area contributed by atoms with Gasteiger partial charge in [-0.15, -0.1) is 0 Å². The smallest absolute Gasteiger partial charge is 0.224 e. The summed E-state index contributed by atoms with van der Waals surface area (Å²) in [7, 11) is 0. The van der Waals surface area contributed by atoms with Gasteiger partial charge < -0.3 is 79.9 Å². The lowest BCUT2D eigenvalue weighted by molar-refractivity contribution is -0.385. The van der Waals surface area contributed by atoms with Crippen molar-refractivity contribution in [3.05, 3.63) is 0 Å². The lowest BCUT2D eigenvalue weighted by atomic mass is 9.98. The summed E-state index contributed by atoms with van der Waals surface area (Å²) in [5, 5.41) is 109. The summed E-state index contributed by atoms with van der Waals surface area (Å²) in [6.45, 7) is -3.82. The molecular weight excluding hydrogens is 472 g/mol. The molecule has 0 radical (unpaired) electrons. The van der Waals surface area contributed by atoms with Crippen LogP contribution in [0.15, 0.2) is 0 Å². The zero-order valence-electron chi connectivity index (χ0n) is 17.8. The fraction of sp³-hybridized carbons (Fsp3) is 1.00. The maximum absolute atomic E-state index is 10.3. The fourth-order valence-electron chi connectivity index (χ4n) is 4.08. The number of ether oxygens (including phenoxy) is 5. The van der Waals surface area contributed by atoms with Crippen molar-refractivity contribution in [1.29, 1.82) is 0 Å². The maximum atomic E-state index is 10.3. The number of hydrogen-bond acceptors (Lipinski definition) is 16. The Labute approximate surface area is 192 Å². The maximum Gasteiger partial charge on any atom is 0.224 e. The monoisotopic (exact) mass is 504 g/mol. The molecule has 16 heteroatoms. The van der Waals surface area contributed by atoms with Crippen LogP contribution in [0.25, 0.3) is 0 Å². The first-order chi connectivity index (χ1) is 15.9. The topological polar surface area (TPSA) is 269 Å². The molecule has 0 aliphatic carbocycles. The van der Waals surface area contributed by atoms with Crippen molar-refractivity contribution in [2.45, 2.75) is 78.9 Å². The van der Waals surface area contributed by atoms with Crippen LogP contribution in [0.4, 0.5) is 0 Å². The van der Waals surface area contributed by atoms with Crippen LogP contribution in [0.2, 0.25) is 0 Å². The molecule has 3 saturated heterocycles. The molecule has 3 rings (SSSR count). The Balaban J connectivity index is 1.65. The van der Waals surface area contributed by atoms with Gasteiger partial charge in [-0.1, -0.05) is 0 Å². The highest BCUT2D eigenvalue weighted by Gasteiger charge is 2.58. The molecule has 3 heterocycles. The molecule has 13 unspecified atom stereocenters. The van der Waals surface area contributed by atoms with Crippen LogP contribution >= 0.6 is 0 Å². The van der Waals surface area contributed by atoms with Crippen LogP contribution in [-0.4, -0.2) is 168 Å². The first-order valence-electron chi connectivity index (χ1n) is 10.5. The molecule has 3 aliphatic rings. The highest BCUT2D eigenvalue weighted by atomic mass is 16.8. The van der Waals surface area contributed by atoms with E-state index in [0.29, 0.717) is 0 Å². The largest absolute Gasteiger partial charge is 0.394 e. The van der Waals surface area contributed by atoms with Crippen molar-refractivity contribution in [2.75, 3.05) is 33.0 Å². The van der Waals surface area contributed by atoms with Gasteiger partial charge in [-0.05, 0) is 0 Å². The third-order valence-corrected chi connectivity index (χ3v) is 6.18. The molecule has 0 spiro atoms. The van der Waals surface area contributed by atoms with E-state index in [1.54, 1.807) is 0 Å². The number of aliphatic hydroxyl groups is 11. The van der Waals surface area contributed by atoms with E-state index in [-0.39, 0.29) is 0 Å². The quantitative estimate of drug-likeness (QED) is 0.139. The zero-order valence-corrected chi connectivity index (χ0v) is 17.8. The highest BCUT2D eigenvalue weighted by molar-refractivity contribution is 4.99. The van der Waals surface area contributed by atoms with E-state index in [9.17, 15) is 51.1 Å². The molecule has 0 aromatic rings. The molecule has 0 aromatic heterocycles. The van der Waals surface area contributed by atoms with Crippen molar-refractivity contribution < 1.29 is 79.9 Å². The Kier molecular flexibility index (Phi) is 8.85. The molecular formula is C18H32O16. The molecule has 0 saturated carbocycles. The Hall–Kier alpha value is -0.640. The lowest BCUT2D eigenvalue weighted by Crippen LogP contribution is -2.63. The van der Waals surface area contributed by atoms with E-state index in [0.717, 1.165) is 0 Å². The molecule has 3 fully saturated rings. The summed E-state index contributed by atoms with van der Waals surface area (Å²) < 4.78 is 26.2. The predicted molar refractivity (Wildman–Crippen MR) is 101 cm³/mol. The van der Waals surface area contributed by atoms with Crippen molar-refractivity contribution in [2.24, 2.45) is 0 Å². The highest BCUT2D eigenvalue weighted by Crippen LogP contribution is 2.36. The van der Waals surface area contributed by atoms with Crippen LogP contribution in [0, 0.1) is 0 Å². The number of hydrogen-bond donors (Lipinski definition) is 11. The minimum Gasteiger partial charge on any atom is -0.394 e. The predicted octanol–water partition coefficient (Wildman–Crippen LogP) is -7.57. The van der Waals surface area contributed by atoms with Gasteiger partial charge in [-0.3, -0.25) is 0 Å². The first kappa shape index (κ1) is 27.9. The van der Waals surface area contributed by atoms with Gasteiger partial charge in [0.05, 0.1) is 19.8 Å². The Morgan fingerprint density at radius 3 is 1.79 bits per heavy atom. The SMILES string of the molecule is OCC1OC(O)(COCC2OC(OC3(CO)OC(CO)C(O)C3O)C(O)C(O)C2O)C(O)C1O. The van der Waals surface area contributed by atoms with Crippen LogP contribution < -0.4 is 0 Å². The first-order valence-corrected chi connectivity index (χ1v) is 10.5. The third kappa shape index (κ3) is 4.96. The van der Waals surface area contributed by atoms with E-state index >= 15 is 0 Å². The summed E-state index contributed by atoms with van der Waals surface area (Å²) >= 11 is 0. The molecule has 0 bridgehead atoms. The lowest BCUT2D eigenvalue weighted by Gasteiger charge is -2.43.